The van der Waals surface area contributed by atoms with E-state index in [2.05, 4.69) is 4.98 Å². The van der Waals surface area contributed by atoms with Gasteiger partial charge in [0.2, 0.25) is 0 Å². The summed E-state index contributed by atoms with van der Waals surface area (Å²) < 4.78 is 10.8. The number of pyridine rings is 1. The zero-order chi connectivity index (χ0) is 24.2. The molecular weight excluding hydrogens is 454 g/mol. The van der Waals surface area contributed by atoms with Crippen molar-refractivity contribution >= 4 is 35.2 Å². The quantitative estimate of drug-likeness (QED) is 0.308. The van der Waals surface area contributed by atoms with Crippen LogP contribution in [0.25, 0.3) is 6.08 Å². The summed E-state index contributed by atoms with van der Waals surface area (Å²) in [6, 6.07) is 21.5. The molecule has 1 heterocycles. The largest absolute Gasteiger partial charge is 0.487 e. The van der Waals surface area contributed by atoms with Gasteiger partial charge in [0.1, 0.15) is 12.4 Å². The molecule has 0 saturated carbocycles. The molecule has 0 atom stereocenters. The van der Waals surface area contributed by atoms with Gasteiger partial charge in [0, 0.05) is 29.5 Å². The van der Waals surface area contributed by atoms with E-state index in [0.29, 0.717) is 23.1 Å². The molecule has 0 N–H and O–H groups in total. The number of nitriles is 1. The van der Waals surface area contributed by atoms with Crippen molar-refractivity contribution in [3.05, 3.63) is 95.3 Å². The Bertz CT molecular complexity index is 1170. The predicted molar refractivity (Wildman–Crippen MR) is 129 cm³/mol. The number of carbonyl (C=O) groups is 2. The number of aromatic nitrogens is 1. The van der Waals surface area contributed by atoms with Crippen LogP contribution in [-0.2, 0) is 20.9 Å². The van der Waals surface area contributed by atoms with Gasteiger partial charge in [0.15, 0.2) is 6.61 Å². The molecule has 2 aromatic carbocycles. The molecule has 3 rings (SSSR count). The highest BCUT2D eigenvalue weighted by molar-refractivity contribution is 6.30. The van der Waals surface area contributed by atoms with Crippen molar-refractivity contribution in [2.24, 2.45) is 0 Å². The molecular formula is C26H22ClN3O4. The average molecular weight is 476 g/mol. The standard InChI is InChI=1S/C26H22ClN3O4/c27-21-5-3-7-23(17-21)30(16-4-14-28)25(31)19-34-26(32)13-10-20-8-11-24(12-9-20)33-18-22-6-1-2-15-29-22/h1-3,5-13,15,17H,4,16,18-19H2/b13-10+. The summed E-state index contributed by atoms with van der Waals surface area (Å²) in [7, 11) is 0. The van der Waals surface area contributed by atoms with Crippen LogP contribution in [0.1, 0.15) is 17.7 Å². The van der Waals surface area contributed by atoms with Gasteiger partial charge in [-0.15, -0.1) is 0 Å². The topological polar surface area (TPSA) is 92.5 Å². The zero-order valence-electron chi connectivity index (χ0n) is 18.3. The van der Waals surface area contributed by atoms with Crippen LogP contribution in [0, 0.1) is 11.3 Å². The van der Waals surface area contributed by atoms with E-state index >= 15 is 0 Å². The second-order valence-electron chi connectivity index (χ2n) is 7.05. The van der Waals surface area contributed by atoms with Crippen molar-refractivity contribution in [1.29, 1.82) is 5.26 Å². The molecule has 172 valence electrons. The van der Waals surface area contributed by atoms with Crippen molar-refractivity contribution in [3.63, 3.8) is 0 Å². The zero-order valence-corrected chi connectivity index (χ0v) is 19.0. The van der Waals surface area contributed by atoms with Crippen LogP contribution in [0.3, 0.4) is 0 Å². The van der Waals surface area contributed by atoms with E-state index in [1.807, 2.05) is 24.3 Å². The molecule has 34 heavy (non-hydrogen) atoms. The summed E-state index contributed by atoms with van der Waals surface area (Å²) in [4.78, 5) is 30.3. The molecule has 0 radical (unpaired) electrons. The minimum atomic E-state index is -0.657. The Balaban J connectivity index is 1.50. The summed E-state index contributed by atoms with van der Waals surface area (Å²) in [6.07, 6.45) is 4.67. The first-order valence-corrected chi connectivity index (χ1v) is 10.8. The monoisotopic (exact) mass is 475 g/mol. The number of amides is 1. The number of hydrogen-bond acceptors (Lipinski definition) is 6. The number of rotatable bonds is 10. The number of esters is 1. The summed E-state index contributed by atoms with van der Waals surface area (Å²) in [5, 5.41) is 9.33. The minimum absolute atomic E-state index is 0.133. The second kappa shape index (κ2) is 12.8. The molecule has 0 spiro atoms. The lowest BCUT2D eigenvalue weighted by molar-refractivity contribution is -0.142. The van der Waals surface area contributed by atoms with Crippen molar-refractivity contribution in [3.8, 4) is 11.8 Å². The number of anilines is 1. The van der Waals surface area contributed by atoms with Crippen molar-refractivity contribution in [1.82, 2.24) is 4.98 Å². The number of hydrogen-bond donors (Lipinski definition) is 0. The summed E-state index contributed by atoms with van der Waals surface area (Å²) in [6.45, 7) is 0.0657. The van der Waals surface area contributed by atoms with E-state index in [1.54, 1.807) is 60.8 Å². The Labute approximate surface area is 202 Å². The highest BCUT2D eigenvalue weighted by Crippen LogP contribution is 2.20. The van der Waals surface area contributed by atoms with Gasteiger partial charge >= 0.3 is 5.97 Å². The molecule has 0 bridgehead atoms. The highest BCUT2D eigenvalue weighted by atomic mass is 35.5. The van der Waals surface area contributed by atoms with Gasteiger partial charge in [0.05, 0.1) is 18.2 Å². The lowest BCUT2D eigenvalue weighted by Gasteiger charge is -2.21. The van der Waals surface area contributed by atoms with E-state index < -0.39 is 18.5 Å². The Morgan fingerprint density at radius 1 is 1.09 bits per heavy atom. The summed E-state index contributed by atoms with van der Waals surface area (Å²) >= 11 is 6.00. The lowest BCUT2D eigenvalue weighted by atomic mass is 10.2. The Morgan fingerprint density at radius 2 is 1.91 bits per heavy atom. The fourth-order valence-electron chi connectivity index (χ4n) is 2.94. The van der Waals surface area contributed by atoms with Crippen LogP contribution in [0.5, 0.6) is 5.75 Å². The number of ether oxygens (including phenoxy) is 2. The third-order valence-electron chi connectivity index (χ3n) is 4.61. The molecule has 8 heteroatoms. The molecule has 0 fully saturated rings. The fraction of sp³-hybridized carbons (Fsp3) is 0.154. The van der Waals surface area contributed by atoms with Crippen molar-refractivity contribution < 1.29 is 19.1 Å². The minimum Gasteiger partial charge on any atom is -0.487 e. The highest BCUT2D eigenvalue weighted by Gasteiger charge is 2.17. The van der Waals surface area contributed by atoms with E-state index in [0.717, 1.165) is 11.3 Å². The molecule has 1 amide bonds. The van der Waals surface area contributed by atoms with Gasteiger partial charge in [-0.3, -0.25) is 9.78 Å². The van der Waals surface area contributed by atoms with E-state index in [9.17, 15) is 9.59 Å². The first-order valence-electron chi connectivity index (χ1n) is 10.5. The van der Waals surface area contributed by atoms with Gasteiger partial charge < -0.3 is 14.4 Å². The average Bonchev–Trinajstić information content (AvgIpc) is 2.86. The molecule has 0 aliphatic rings. The normalized spacial score (nSPS) is 10.5. The Morgan fingerprint density at radius 3 is 2.62 bits per heavy atom. The maximum absolute atomic E-state index is 12.6. The van der Waals surface area contributed by atoms with Crippen LogP contribution in [-0.4, -0.2) is 30.0 Å². The number of nitrogens with zero attached hydrogens (tertiary/aromatic N) is 3. The molecule has 7 nitrogen and oxygen atoms in total. The molecule has 3 aromatic rings. The number of carbonyl (C=O) groups excluding carboxylic acids is 2. The third kappa shape index (κ3) is 7.76. The van der Waals surface area contributed by atoms with Crippen molar-refractivity contribution in [2.45, 2.75) is 13.0 Å². The first kappa shape index (κ1) is 24.5. The van der Waals surface area contributed by atoms with E-state index in [-0.39, 0.29) is 13.0 Å². The van der Waals surface area contributed by atoms with Gasteiger partial charge in [-0.2, -0.15) is 5.26 Å². The van der Waals surface area contributed by atoms with E-state index in [1.165, 1.54) is 11.0 Å². The molecule has 0 aliphatic carbocycles. The van der Waals surface area contributed by atoms with E-state index in [4.69, 9.17) is 26.3 Å². The lowest BCUT2D eigenvalue weighted by Crippen LogP contribution is -2.35. The molecule has 1 aromatic heterocycles. The van der Waals surface area contributed by atoms with Crippen LogP contribution < -0.4 is 9.64 Å². The van der Waals surface area contributed by atoms with Gasteiger partial charge in [0.25, 0.3) is 5.91 Å². The van der Waals surface area contributed by atoms with Gasteiger partial charge in [-0.1, -0.05) is 35.9 Å². The van der Waals surface area contributed by atoms with Crippen molar-refractivity contribution in [2.75, 3.05) is 18.1 Å². The summed E-state index contributed by atoms with van der Waals surface area (Å²) in [5.41, 5.74) is 2.12. The van der Waals surface area contributed by atoms with Crippen LogP contribution in [0.2, 0.25) is 5.02 Å². The van der Waals surface area contributed by atoms with Crippen LogP contribution in [0.4, 0.5) is 5.69 Å². The molecule has 0 unspecified atom stereocenters. The van der Waals surface area contributed by atoms with Gasteiger partial charge in [-0.25, -0.2) is 4.79 Å². The van der Waals surface area contributed by atoms with Gasteiger partial charge in [-0.05, 0) is 54.1 Å². The Kier molecular flexibility index (Phi) is 9.20. The summed E-state index contributed by atoms with van der Waals surface area (Å²) in [5.74, 6) is -0.432. The fourth-order valence-corrected chi connectivity index (χ4v) is 3.13. The maximum Gasteiger partial charge on any atom is 0.331 e. The number of halogens is 1. The third-order valence-corrected chi connectivity index (χ3v) is 4.85. The second-order valence-corrected chi connectivity index (χ2v) is 7.49. The number of benzene rings is 2. The van der Waals surface area contributed by atoms with Crippen LogP contribution in [0.15, 0.2) is 79.0 Å². The predicted octanol–water partition coefficient (Wildman–Crippen LogP) is 4.82. The molecule has 0 aliphatic heterocycles. The smallest absolute Gasteiger partial charge is 0.331 e. The Hall–Kier alpha value is -4.15. The SMILES string of the molecule is N#CCCN(C(=O)COC(=O)/C=C/c1ccc(OCc2ccccn2)cc1)c1cccc(Cl)c1. The maximum atomic E-state index is 12.6. The first-order chi connectivity index (χ1) is 16.5. The molecule has 0 saturated heterocycles. The van der Waals surface area contributed by atoms with Crippen LogP contribution >= 0.6 is 11.6 Å².